The zero-order valence-electron chi connectivity index (χ0n) is 13.4. The third-order valence-electron chi connectivity index (χ3n) is 4.93. The van der Waals surface area contributed by atoms with E-state index in [1.54, 1.807) is 18.2 Å². The van der Waals surface area contributed by atoms with Crippen LogP contribution in [-0.4, -0.2) is 14.3 Å². The van der Waals surface area contributed by atoms with Crippen LogP contribution in [0, 0.1) is 10.1 Å². The SMILES string of the molecule is O=[N+]([O-])c1ccc2c(c1)sc1nc(-c3ccc4c(c3)CCCC4)cn12. The van der Waals surface area contributed by atoms with Gasteiger partial charge in [0.1, 0.15) is 0 Å². The number of hydrogen-bond acceptors (Lipinski definition) is 4. The number of imidazole rings is 1. The Labute approximate surface area is 147 Å². The van der Waals surface area contributed by atoms with Crippen molar-refractivity contribution in [2.24, 2.45) is 0 Å². The molecule has 5 nitrogen and oxygen atoms in total. The molecule has 2 heterocycles. The third-order valence-corrected chi connectivity index (χ3v) is 5.95. The third kappa shape index (κ3) is 2.33. The minimum absolute atomic E-state index is 0.118. The second kappa shape index (κ2) is 5.39. The summed E-state index contributed by atoms with van der Waals surface area (Å²) in [6, 6.07) is 11.6. The Balaban J connectivity index is 1.62. The van der Waals surface area contributed by atoms with Crippen molar-refractivity contribution in [3.05, 3.63) is 63.8 Å². The fraction of sp³-hybridized carbons (Fsp3) is 0.211. The van der Waals surface area contributed by atoms with Crippen LogP contribution in [0.4, 0.5) is 5.69 Å². The highest BCUT2D eigenvalue weighted by Gasteiger charge is 2.15. The van der Waals surface area contributed by atoms with Crippen LogP contribution < -0.4 is 0 Å². The van der Waals surface area contributed by atoms with E-state index >= 15 is 0 Å². The number of rotatable bonds is 2. The van der Waals surface area contributed by atoms with Crippen LogP contribution >= 0.6 is 11.3 Å². The van der Waals surface area contributed by atoms with E-state index in [4.69, 9.17) is 4.98 Å². The van der Waals surface area contributed by atoms with Gasteiger partial charge in [0.15, 0.2) is 4.96 Å². The molecule has 2 aromatic carbocycles. The fourth-order valence-electron chi connectivity index (χ4n) is 3.64. The molecule has 0 atom stereocenters. The average Bonchev–Trinajstić information content (AvgIpc) is 3.18. The molecule has 0 amide bonds. The van der Waals surface area contributed by atoms with E-state index in [0.29, 0.717) is 0 Å². The maximum Gasteiger partial charge on any atom is 0.270 e. The quantitative estimate of drug-likeness (QED) is 0.378. The number of hydrogen-bond donors (Lipinski definition) is 0. The molecule has 0 saturated carbocycles. The molecular formula is C19H15N3O2S. The number of fused-ring (bicyclic) bond motifs is 4. The summed E-state index contributed by atoms with van der Waals surface area (Å²) in [5, 5.41) is 10.9. The molecule has 6 heteroatoms. The lowest BCUT2D eigenvalue weighted by Gasteiger charge is -2.15. The average molecular weight is 349 g/mol. The van der Waals surface area contributed by atoms with E-state index in [1.807, 2.05) is 10.6 Å². The Morgan fingerprint density at radius 1 is 1.08 bits per heavy atom. The molecule has 2 aromatic heterocycles. The number of non-ortho nitro benzene ring substituents is 1. The molecule has 25 heavy (non-hydrogen) atoms. The van der Waals surface area contributed by atoms with Gasteiger partial charge in [0.05, 0.1) is 20.8 Å². The van der Waals surface area contributed by atoms with Crippen LogP contribution in [-0.2, 0) is 12.8 Å². The van der Waals surface area contributed by atoms with Gasteiger partial charge >= 0.3 is 0 Å². The number of benzene rings is 2. The van der Waals surface area contributed by atoms with Gasteiger partial charge in [0.2, 0.25) is 0 Å². The van der Waals surface area contributed by atoms with Crippen molar-refractivity contribution >= 4 is 32.2 Å². The topological polar surface area (TPSA) is 60.4 Å². The van der Waals surface area contributed by atoms with Crippen molar-refractivity contribution in [2.75, 3.05) is 0 Å². The van der Waals surface area contributed by atoms with Crippen LogP contribution in [0.2, 0.25) is 0 Å². The summed E-state index contributed by atoms with van der Waals surface area (Å²) < 4.78 is 2.91. The van der Waals surface area contributed by atoms with Crippen molar-refractivity contribution in [2.45, 2.75) is 25.7 Å². The van der Waals surface area contributed by atoms with E-state index in [9.17, 15) is 10.1 Å². The van der Waals surface area contributed by atoms with E-state index in [1.165, 1.54) is 41.7 Å². The molecule has 5 rings (SSSR count). The number of aromatic nitrogens is 2. The number of nitro groups is 1. The van der Waals surface area contributed by atoms with E-state index < -0.39 is 0 Å². The fourth-order valence-corrected chi connectivity index (χ4v) is 4.68. The lowest BCUT2D eigenvalue weighted by molar-refractivity contribution is -0.384. The Bertz CT molecular complexity index is 1140. The molecular weight excluding hydrogens is 334 g/mol. The molecule has 0 spiro atoms. The Kier molecular flexibility index (Phi) is 3.15. The van der Waals surface area contributed by atoms with Gasteiger partial charge in [-0.15, -0.1) is 0 Å². The minimum Gasteiger partial charge on any atom is -0.290 e. The Hall–Kier alpha value is -2.73. The molecule has 1 aliphatic carbocycles. The summed E-state index contributed by atoms with van der Waals surface area (Å²) in [7, 11) is 0. The normalized spacial score (nSPS) is 14.1. The lowest BCUT2D eigenvalue weighted by atomic mass is 9.90. The standard InChI is InChI=1S/C19H15N3O2S/c23-22(24)15-7-8-17-18(10-15)25-19-20-16(11-21(17)19)14-6-5-12-3-1-2-4-13(12)9-14/h5-11H,1-4H2. The zero-order chi connectivity index (χ0) is 17.0. The highest BCUT2D eigenvalue weighted by molar-refractivity contribution is 7.23. The van der Waals surface area contributed by atoms with Crippen molar-refractivity contribution < 1.29 is 4.92 Å². The minimum atomic E-state index is -0.361. The van der Waals surface area contributed by atoms with Gasteiger partial charge in [-0.25, -0.2) is 4.98 Å². The molecule has 1 aliphatic rings. The summed E-state index contributed by atoms with van der Waals surface area (Å²) >= 11 is 1.48. The summed E-state index contributed by atoms with van der Waals surface area (Å²) in [5.41, 5.74) is 6.09. The second-order valence-electron chi connectivity index (χ2n) is 6.48. The lowest BCUT2D eigenvalue weighted by Crippen LogP contribution is -2.02. The van der Waals surface area contributed by atoms with Gasteiger partial charge in [0, 0.05) is 23.9 Å². The largest absolute Gasteiger partial charge is 0.290 e. The van der Waals surface area contributed by atoms with E-state index in [0.717, 1.165) is 32.9 Å². The summed E-state index contributed by atoms with van der Waals surface area (Å²) in [6.07, 6.45) is 6.91. The van der Waals surface area contributed by atoms with Crippen LogP contribution in [0.1, 0.15) is 24.0 Å². The molecule has 0 fully saturated rings. The van der Waals surface area contributed by atoms with Crippen LogP contribution in [0.15, 0.2) is 42.6 Å². The van der Waals surface area contributed by atoms with E-state index in [2.05, 4.69) is 18.2 Å². The molecule has 0 aliphatic heterocycles. The Morgan fingerprint density at radius 2 is 1.92 bits per heavy atom. The number of nitrogens with zero attached hydrogens (tertiary/aromatic N) is 3. The Morgan fingerprint density at radius 3 is 2.76 bits per heavy atom. The maximum absolute atomic E-state index is 10.9. The van der Waals surface area contributed by atoms with Gasteiger partial charge in [0.25, 0.3) is 5.69 Å². The highest BCUT2D eigenvalue weighted by atomic mass is 32.1. The first-order chi connectivity index (χ1) is 12.2. The van der Waals surface area contributed by atoms with Gasteiger partial charge in [-0.05, 0) is 48.9 Å². The van der Waals surface area contributed by atoms with Gasteiger partial charge in [-0.1, -0.05) is 23.5 Å². The zero-order valence-corrected chi connectivity index (χ0v) is 14.3. The van der Waals surface area contributed by atoms with Crippen molar-refractivity contribution in [1.82, 2.24) is 9.38 Å². The predicted octanol–water partition coefficient (Wildman–Crippen LogP) is 5.00. The number of aryl methyl sites for hydroxylation is 2. The van der Waals surface area contributed by atoms with Gasteiger partial charge in [-0.3, -0.25) is 14.5 Å². The maximum atomic E-state index is 10.9. The molecule has 0 radical (unpaired) electrons. The number of thiazole rings is 1. The summed E-state index contributed by atoms with van der Waals surface area (Å²) in [6.45, 7) is 0. The molecule has 124 valence electrons. The van der Waals surface area contributed by atoms with Crippen molar-refractivity contribution in [1.29, 1.82) is 0 Å². The smallest absolute Gasteiger partial charge is 0.270 e. The molecule has 0 bridgehead atoms. The van der Waals surface area contributed by atoms with Crippen molar-refractivity contribution in [3.63, 3.8) is 0 Å². The molecule has 0 N–H and O–H groups in total. The monoisotopic (exact) mass is 349 g/mol. The van der Waals surface area contributed by atoms with Crippen LogP contribution in [0.3, 0.4) is 0 Å². The highest BCUT2D eigenvalue weighted by Crippen LogP contribution is 2.33. The predicted molar refractivity (Wildman–Crippen MR) is 99.3 cm³/mol. The first-order valence-corrected chi connectivity index (χ1v) is 9.19. The van der Waals surface area contributed by atoms with Gasteiger partial charge in [-0.2, -0.15) is 0 Å². The first-order valence-electron chi connectivity index (χ1n) is 8.37. The van der Waals surface area contributed by atoms with Gasteiger partial charge < -0.3 is 0 Å². The van der Waals surface area contributed by atoms with Crippen molar-refractivity contribution in [3.8, 4) is 11.3 Å². The summed E-state index contributed by atoms with van der Waals surface area (Å²) in [5.74, 6) is 0. The summed E-state index contributed by atoms with van der Waals surface area (Å²) in [4.78, 5) is 16.2. The molecule has 4 aromatic rings. The van der Waals surface area contributed by atoms with Crippen LogP contribution in [0.25, 0.3) is 26.4 Å². The second-order valence-corrected chi connectivity index (χ2v) is 7.49. The van der Waals surface area contributed by atoms with Crippen LogP contribution in [0.5, 0.6) is 0 Å². The van der Waals surface area contributed by atoms with E-state index in [-0.39, 0.29) is 10.6 Å². The molecule has 0 saturated heterocycles. The molecule has 0 unspecified atom stereocenters. The number of nitro benzene ring substituents is 1. The first kappa shape index (κ1) is 14.6.